The third-order valence-electron chi connectivity index (χ3n) is 1.65. The predicted octanol–water partition coefficient (Wildman–Crippen LogP) is 0.253. The second-order valence-electron chi connectivity index (χ2n) is 2.92. The summed E-state index contributed by atoms with van der Waals surface area (Å²) in [6.07, 6.45) is 1.14. The Morgan fingerprint density at radius 1 is 1.53 bits per heavy atom. The van der Waals surface area contributed by atoms with Crippen LogP contribution in [0.3, 0.4) is 0 Å². The van der Waals surface area contributed by atoms with Crippen molar-refractivity contribution in [2.45, 2.75) is 11.4 Å². The summed E-state index contributed by atoms with van der Waals surface area (Å²) in [4.78, 5) is 14.1. The fourth-order valence-corrected chi connectivity index (χ4v) is 1.46. The summed E-state index contributed by atoms with van der Waals surface area (Å²) >= 11 is 0. The van der Waals surface area contributed by atoms with Gasteiger partial charge in [-0.3, -0.25) is 4.98 Å². The molecule has 1 rings (SSSR count). The molecule has 0 aliphatic rings. The highest BCUT2D eigenvalue weighted by atomic mass is 32.2. The molecule has 0 bridgehead atoms. The molecule has 2 N–H and O–H groups in total. The van der Waals surface area contributed by atoms with Crippen LogP contribution >= 0.6 is 0 Å². The number of rotatable bonds is 3. The fourth-order valence-electron chi connectivity index (χ4n) is 0.901. The summed E-state index contributed by atoms with van der Waals surface area (Å²) in [5.41, 5.74) is 0.463. The molecule has 0 atom stereocenters. The number of aromatic nitrogens is 1. The number of carbonyl (C=O) groups is 1. The van der Waals surface area contributed by atoms with Gasteiger partial charge in [0.25, 0.3) is 0 Å². The number of nitrogens with zero attached hydrogens (tertiary/aromatic N) is 1. The van der Waals surface area contributed by atoms with E-state index in [9.17, 15) is 13.2 Å². The molecule has 0 unspecified atom stereocenters. The largest absolute Gasteiger partial charge is 0.465 e. The van der Waals surface area contributed by atoms with E-state index in [1.54, 1.807) is 0 Å². The first kappa shape index (κ1) is 11.4. The molecule has 0 radical (unpaired) electrons. The second-order valence-corrected chi connectivity index (χ2v) is 4.93. The van der Waals surface area contributed by atoms with Gasteiger partial charge in [0.15, 0.2) is 9.84 Å². The van der Waals surface area contributed by atoms with E-state index in [-0.39, 0.29) is 11.4 Å². The SMILES string of the molecule is CS(=O)(=O)c1ccc(CNC(=O)O)nc1. The van der Waals surface area contributed by atoms with Gasteiger partial charge in [0.1, 0.15) is 0 Å². The van der Waals surface area contributed by atoms with E-state index >= 15 is 0 Å². The molecule has 0 spiro atoms. The van der Waals surface area contributed by atoms with E-state index in [0.29, 0.717) is 5.69 Å². The zero-order valence-electron chi connectivity index (χ0n) is 7.97. The minimum atomic E-state index is -3.25. The third-order valence-corrected chi connectivity index (χ3v) is 2.74. The first-order chi connectivity index (χ1) is 6.89. The van der Waals surface area contributed by atoms with E-state index in [1.165, 1.54) is 18.3 Å². The molecule has 0 saturated carbocycles. The van der Waals surface area contributed by atoms with Gasteiger partial charge in [-0.1, -0.05) is 0 Å². The fraction of sp³-hybridized carbons (Fsp3) is 0.250. The van der Waals surface area contributed by atoms with Crippen LogP contribution < -0.4 is 5.32 Å². The number of sulfone groups is 1. The number of pyridine rings is 1. The number of carboxylic acid groups (broad SMARTS) is 1. The van der Waals surface area contributed by atoms with Gasteiger partial charge < -0.3 is 10.4 Å². The molecule has 0 aromatic carbocycles. The maximum absolute atomic E-state index is 11.1. The summed E-state index contributed by atoms with van der Waals surface area (Å²) in [5.74, 6) is 0. The standard InChI is InChI=1S/C8H10N2O4S/c1-15(13,14)7-3-2-6(9-5-7)4-10-8(11)12/h2-3,5,10H,4H2,1H3,(H,11,12). The van der Waals surface area contributed by atoms with Crippen molar-refractivity contribution in [3.63, 3.8) is 0 Å². The van der Waals surface area contributed by atoms with Gasteiger partial charge in [-0.15, -0.1) is 0 Å². The summed E-state index contributed by atoms with van der Waals surface area (Å²) in [6, 6.07) is 2.85. The molecule has 1 aromatic rings. The molecular formula is C8H10N2O4S. The van der Waals surface area contributed by atoms with Crippen LogP contribution in [0.15, 0.2) is 23.2 Å². The third kappa shape index (κ3) is 3.55. The normalized spacial score (nSPS) is 11.0. The molecule has 0 aliphatic carbocycles. The van der Waals surface area contributed by atoms with E-state index in [2.05, 4.69) is 10.3 Å². The Labute approximate surface area is 86.9 Å². The average Bonchev–Trinajstić information content (AvgIpc) is 2.14. The average molecular weight is 230 g/mol. The maximum Gasteiger partial charge on any atom is 0.404 e. The van der Waals surface area contributed by atoms with Gasteiger partial charge in [0, 0.05) is 12.5 Å². The molecule has 6 nitrogen and oxygen atoms in total. The van der Waals surface area contributed by atoms with E-state index in [1.807, 2.05) is 0 Å². The molecule has 0 fully saturated rings. The van der Waals surface area contributed by atoms with Gasteiger partial charge in [-0.05, 0) is 12.1 Å². The van der Waals surface area contributed by atoms with Crippen molar-refractivity contribution in [1.29, 1.82) is 0 Å². The molecule has 0 saturated heterocycles. The number of hydrogen-bond acceptors (Lipinski definition) is 4. The number of nitrogens with one attached hydrogen (secondary N) is 1. The zero-order chi connectivity index (χ0) is 11.5. The van der Waals surface area contributed by atoms with Crippen LogP contribution in [0.5, 0.6) is 0 Å². The van der Waals surface area contributed by atoms with Crippen LogP contribution in [0.1, 0.15) is 5.69 Å². The molecule has 1 heterocycles. The molecule has 0 aliphatic heterocycles. The molecular weight excluding hydrogens is 220 g/mol. The van der Waals surface area contributed by atoms with Gasteiger partial charge in [0.05, 0.1) is 17.1 Å². The van der Waals surface area contributed by atoms with Crippen molar-refractivity contribution in [1.82, 2.24) is 10.3 Å². The lowest BCUT2D eigenvalue weighted by Gasteiger charge is -2.01. The highest BCUT2D eigenvalue weighted by molar-refractivity contribution is 7.90. The van der Waals surface area contributed by atoms with E-state index in [0.717, 1.165) is 6.26 Å². The highest BCUT2D eigenvalue weighted by Gasteiger charge is 2.07. The Kier molecular flexibility index (Phi) is 3.25. The Morgan fingerprint density at radius 3 is 2.60 bits per heavy atom. The minimum absolute atomic E-state index is 0.0549. The monoisotopic (exact) mass is 230 g/mol. The second kappa shape index (κ2) is 4.26. The summed E-state index contributed by atoms with van der Waals surface area (Å²) in [7, 11) is -3.25. The van der Waals surface area contributed by atoms with Crippen LogP contribution in [-0.4, -0.2) is 30.9 Å². The Hall–Kier alpha value is -1.63. The van der Waals surface area contributed by atoms with Crippen molar-refractivity contribution >= 4 is 15.9 Å². The lowest BCUT2D eigenvalue weighted by atomic mass is 10.3. The van der Waals surface area contributed by atoms with E-state index < -0.39 is 15.9 Å². The van der Waals surface area contributed by atoms with Crippen LogP contribution in [0, 0.1) is 0 Å². The zero-order valence-corrected chi connectivity index (χ0v) is 8.78. The van der Waals surface area contributed by atoms with Gasteiger partial charge >= 0.3 is 6.09 Å². The first-order valence-electron chi connectivity index (χ1n) is 4.01. The number of amides is 1. The van der Waals surface area contributed by atoms with Crippen molar-refractivity contribution in [3.8, 4) is 0 Å². The summed E-state index contributed by atoms with van der Waals surface area (Å²) < 4.78 is 22.1. The predicted molar refractivity (Wildman–Crippen MR) is 52.2 cm³/mol. The first-order valence-corrected chi connectivity index (χ1v) is 5.90. The smallest absolute Gasteiger partial charge is 0.404 e. The van der Waals surface area contributed by atoms with Crippen LogP contribution in [-0.2, 0) is 16.4 Å². The summed E-state index contributed by atoms with van der Waals surface area (Å²) in [6.45, 7) is 0.0549. The topological polar surface area (TPSA) is 96.4 Å². The molecule has 7 heteroatoms. The molecule has 15 heavy (non-hydrogen) atoms. The van der Waals surface area contributed by atoms with Crippen molar-refractivity contribution in [2.75, 3.05) is 6.26 Å². The highest BCUT2D eigenvalue weighted by Crippen LogP contribution is 2.06. The molecule has 82 valence electrons. The van der Waals surface area contributed by atoms with Crippen LogP contribution in [0.25, 0.3) is 0 Å². The van der Waals surface area contributed by atoms with Crippen molar-refractivity contribution in [3.05, 3.63) is 24.0 Å². The van der Waals surface area contributed by atoms with Crippen molar-refractivity contribution in [2.24, 2.45) is 0 Å². The Balaban J connectivity index is 2.77. The maximum atomic E-state index is 11.1. The molecule has 1 aromatic heterocycles. The number of hydrogen-bond donors (Lipinski definition) is 2. The van der Waals surface area contributed by atoms with Gasteiger partial charge in [0.2, 0.25) is 0 Å². The summed E-state index contributed by atoms with van der Waals surface area (Å²) in [5, 5.41) is 10.4. The molecule has 1 amide bonds. The Bertz CT molecular complexity index is 452. The van der Waals surface area contributed by atoms with Crippen molar-refractivity contribution < 1.29 is 18.3 Å². The lowest BCUT2D eigenvalue weighted by Crippen LogP contribution is -2.20. The van der Waals surface area contributed by atoms with Gasteiger partial charge in [-0.25, -0.2) is 13.2 Å². The lowest BCUT2D eigenvalue weighted by molar-refractivity contribution is 0.194. The quantitative estimate of drug-likeness (QED) is 0.776. The minimum Gasteiger partial charge on any atom is -0.465 e. The Morgan fingerprint density at radius 2 is 2.20 bits per heavy atom. The van der Waals surface area contributed by atoms with Crippen LogP contribution in [0.2, 0.25) is 0 Å². The van der Waals surface area contributed by atoms with Crippen LogP contribution in [0.4, 0.5) is 4.79 Å². The van der Waals surface area contributed by atoms with Gasteiger partial charge in [-0.2, -0.15) is 0 Å². The van der Waals surface area contributed by atoms with E-state index in [4.69, 9.17) is 5.11 Å².